The average Bonchev–Trinajstić information content (AvgIpc) is 2.40. The van der Waals surface area contributed by atoms with Crippen molar-refractivity contribution in [3.05, 3.63) is 57.3 Å². The largest absolute Gasteiger partial charge is 0.378 e. The van der Waals surface area contributed by atoms with Gasteiger partial charge in [0, 0.05) is 22.8 Å². The Morgan fingerprint density at radius 2 is 1.95 bits per heavy atom. The van der Waals surface area contributed by atoms with Crippen LogP contribution in [-0.2, 0) is 6.54 Å². The molecule has 1 aromatic heterocycles. The minimum Gasteiger partial charge on any atom is -0.378 e. The summed E-state index contributed by atoms with van der Waals surface area (Å²) >= 11 is 9.24. The maximum Gasteiger partial charge on any atom is 0.263 e. The lowest BCUT2D eigenvalue weighted by atomic mass is 10.1. The second kappa shape index (κ2) is 6.30. The van der Waals surface area contributed by atoms with Crippen LogP contribution in [0.1, 0.15) is 17.6 Å². The Morgan fingerprint density at radius 1 is 1.26 bits per heavy atom. The van der Waals surface area contributed by atoms with Gasteiger partial charge in [-0.1, -0.05) is 35.9 Å². The molecule has 2 nitrogen and oxygen atoms in total. The monoisotopic (exact) mass is 346 g/mol. The lowest BCUT2D eigenvalue weighted by Crippen LogP contribution is -2.01. The van der Waals surface area contributed by atoms with Crippen molar-refractivity contribution in [3.8, 4) is 0 Å². The van der Waals surface area contributed by atoms with Crippen LogP contribution in [0.15, 0.2) is 41.0 Å². The molecular formula is C13H10BrClF2N2. The van der Waals surface area contributed by atoms with Gasteiger partial charge in [-0.3, -0.25) is 0 Å². The Balaban J connectivity index is 2.04. The highest BCUT2D eigenvalue weighted by Gasteiger charge is 2.06. The number of nitrogens with one attached hydrogen (secondary N) is 1. The molecule has 6 heteroatoms. The van der Waals surface area contributed by atoms with Crippen LogP contribution >= 0.6 is 27.5 Å². The number of aromatic nitrogens is 1. The van der Waals surface area contributed by atoms with Gasteiger partial charge in [-0.2, -0.15) is 0 Å². The predicted molar refractivity (Wildman–Crippen MR) is 75.7 cm³/mol. The molecule has 0 aliphatic rings. The van der Waals surface area contributed by atoms with Crippen molar-refractivity contribution in [3.63, 3.8) is 0 Å². The number of rotatable bonds is 4. The molecular weight excluding hydrogens is 338 g/mol. The van der Waals surface area contributed by atoms with Crippen molar-refractivity contribution in [1.82, 2.24) is 4.98 Å². The first-order chi connectivity index (χ1) is 9.06. The van der Waals surface area contributed by atoms with E-state index in [9.17, 15) is 8.78 Å². The molecule has 0 aliphatic heterocycles. The van der Waals surface area contributed by atoms with Gasteiger partial charge in [0.15, 0.2) is 5.15 Å². The fourth-order valence-electron chi connectivity index (χ4n) is 1.52. The van der Waals surface area contributed by atoms with Crippen LogP contribution < -0.4 is 5.32 Å². The zero-order valence-corrected chi connectivity index (χ0v) is 12.0. The van der Waals surface area contributed by atoms with Gasteiger partial charge in [0.1, 0.15) is 0 Å². The van der Waals surface area contributed by atoms with Gasteiger partial charge >= 0.3 is 0 Å². The summed E-state index contributed by atoms with van der Waals surface area (Å²) in [4.78, 5) is 3.99. The number of pyridine rings is 1. The van der Waals surface area contributed by atoms with Crippen molar-refractivity contribution in [2.45, 2.75) is 13.0 Å². The number of anilines is 1. The second-order valence-corrected chi connectivity index (χ2v) is 5.16. The summed E-state index contributed by atoms with van der Waals surface area (Å²) in [5, 5.41) is 3.47. The third kappa shape index (κ3) is 3.88. The number of hydrogen-bond donors (Lipinski definition) is 1. The van der Waals surface area contributed by atoms with Gasteiger partial charge in [-0.15, -0.1) is 0 Å². The van der Waals surface area contributed by atoms with Crippen LogP contribution in [-0.4, -0.2) is 4.98 Å². The molecule has 1 aromatic carbocycles. The number of nitrogens with zero attached hydrogens (tertiary/aromatic N) is 1. The Bertz CT molecular complexity index is 561. The maximum atomic E-state index is 12.4. The Labute approximate surface area is 122 Å². The van der Waals surface area contributed by atoms with Crippen molar-refractivity contribution in [1.29, 1.82) is 0 Å². The first kappa shape index (κ1) is 14.2. The highest BCUT2D eigenvalue weighted by atomic mass is 79.9. The van der Waals surface area contributed by atoms with Crippen molar-refractivity contribution in [2.75, 3.05) is 5.32 Å². The first-order valence-corrected chi connectivity index (χ1v) is 6.65. The number of benzene rings is 1. The number of halogens is 4. The topological polar surface area (TPSA) is 24.9 Å². The quantitative estimate of drug-likeness (QED) is 0.783. The maximum absolute atomic E-state index is 12.4. The van der Waals surface area contributed by atoms with Gasteiger partial charge in [0.05, 0.1) is 5.69 Å². The SMILES string of the molecule is FC(F)c1ccc(CNc2cc(Br)cnc2Cl)cc1. The predicted octanol–water partition coefficient (Wildman–Crippen LogP) is 5.05. The van der Waals surface area contributed by atoms with Crippen LogP contribution in [0.4, 0.5) is 14.5 Å². The van der Waals surface area contributed by atoms with Gasteiger partial charge in [-0.25, -0.2) is 13.8 Å². The highest BCUT2D eigenvalue weighted by Crippen LogP contribution is 2.24. The van der Waals surface area contributed by atoms with E-state index in [4.69, 9.17) is 11.6 Å². The summed E-state index contributed by atoms with van der Waals surface area (Å²) in [6.07, 6.45) is -0.837. The standard InChI is InChI=1S/C13H10BrClF2N2/c14-10-5-11(12(15)19-7-10)18-6-8-1-3-9(4-2-8)13(16)17/h1-5,7,13,18H,6H2. The molecule has 19 heavy (non-hydrogen) atoms. The molecule has 0 fully saturated rings. The summed E-state index contributed by atoms with van der Waals surface area (Å²) in [6, 6.07) is 7.97. The number of alkyl halides is 2. The zero-order chi connectivity index (χ0) is 13.8. The fraction of sp³-hybridized carbons (Fsp3) is 0.154. The van der Waals surface area contributed by atoms with Crippen molar-refractivity contribution in [2.24, 2.45) is 0 Å². The molecule has 2 rings (SSSR count). The van der Waals surface area contributed by atoms with Crippen molar-refractivity contribution < 1.29 is 8.78 Å². The smallest absolute Gasteiger partial charge is 0.263 e. The van der Waals surface area contributed by atoms with Crippen molar-refractivity contribution >= 4 is 33.2 Å². The summed E-state index contributed by atoms with van der Waals surface area (Å²) in [5.74, 6) is 0. The summed E-state index contributed by atoms with van der Waals surface area (Å²) < 4.78 is 25.6. The lowest BCUT2D eigenvalue weighted by Gasteiger charge is -2.09. The Hall–Kier alpha value is -1.20. The molecule has 0 atom stereocenters. The average molecular weight is 348 g/mol. The first-order valence-electron chi connectivity index (χ1n) is 5.48. The van der Waals surface area contributed by atoms with E-state index in [2.05, 4.69) is 26.2 Å². The van der Waals surface area contributed by atoms with E-state index < -0.39 is 6.43 Å². The summed E-state index contributed by atoms with van der Waals surface area (Å²) in [6.45, 7) is 0.487. The molecule has 0 saturated carbocycles. The Kier molecular flexibility index (Phi) is 4.71. The summed E-state index contributed by atoms with van der Waals surface area (Å²) in [5.41, 5.74) is 1.60. The van der Waals surface area contributed by atoms with Crippen LogP contribution in [0, 0.1) is 0 Å². The molecule has 0 amide bonds. The highest BCUT2D eigenvalue weighted by molar-refractivity contribution is 9.10. The van der Waals surface area contributed by atoms with Gasteiger partial charge in [0.25, 0.3) is 6.43 Å². The van der Waals surface area contributed by atoms with Crippen LogP contribution in [0.2, 0.25) is 5.15 Å². The molecule has 0 saturated heterocycles. The fourth-order valence-corrected chi connectivity index (χ4v) is 2.03. The van der Waals surface area contributed by atoms with E-state index >= 15 is 0 Å². The van der Waals surface area contributed by atoms with Gasteiger partial charge in [-0.05, 0) is 27.6 Å². The van der Waals surface area contributed by atoms with Crippen LogP contribution in [0.25, 0.3) is 0 Å². The normalized spacial score (nSPS) is 10.8. The lowest BCUT2D eigenvalue weighted by molar-refractivity contribution is 0.151. The van der Waals surface area contributed by atoms with Crippen LogP contribution in [0.5, 0.6) is 0 Å². The van der Waals surface area contributed by atoms with E-state index in [0.29, 0.717) is 17.4 Å². The number of hydrogen-bond acceptors (Lipinski definition) is 2. The molecule has 0 aliphatic carbocycles. The molecule has 0 unspecified atom stereocenters. The van der Waals surface area contributed by atoms with Crippen LogP contribution in [0.3, 0.4) is 0 Å². The molecule has 0 radical (unpaired) electrons. The Morgan fingerprint density at radius 3 is 2.58 bits per heavy atom. The second-order valence-electron chi connectivity index (χ2n) is 3.89. The molecule has 0 bridgehead atoms. The summed E-state index contributed by atoms with van der Waals surface area (Å²) in [7, 11) is 0. The zero-order valence-electron chi connectivity index (χ0n) is 9.71. The third-order valence-electron chi connectivity index (χ3n) is 2.52. The third-order valence-corrected chi connectivity index (χ3v) is 3.26. The minimum absolute atomic E-state index is 0.0194. The van der Waals surface area contributed by atoms with E-state index in [0.717, 1.165) is 10.0 Å². The van der Waals surface area contributed by atoms with E-state index in [1.807, 2.05) is 6.07 Å². The van der Waals surface area contributed by atoms with Gasteiger partial charge < -0.3 is 5.32 Å². The molecule has 1 N–H and O–H groups in total. The molecule has 100 valence electrons. The molecule has 2 aromatic rings. The van der Waals surface area contributed by atoms with E-state index in [-0.39, 0.29) is 5.56 Å². The van der Waals surface area contributed by atoms with E-state index in [1.165, 1.54) is 12.1 Å². The van der Waals surface area contributed by atoms with Gasteiger partial charge in [0.2, 0.25) is 0 Å². The molecule has 0 spiro atoms. The molecule has 1 heterocycles. The van der Waals surface area contributed by atoms with E-state index in [1.54, 1.807) is 18.3 Å². The minimum atomic E-state index is -2.44.